The monoisotopic (exact) mass is 287 g/mol. The van der Waals surface area contributed by atoms with Crippen LogP contribution in [0.15, 0.2) is 36.5 Å². The first-order chi connectivity index (χ1) is 10.1. The minimum absolute atomic E-state index is 0.389. The summed E-state index contributed by atoms with van der Waals surface area (Å²) in [6.45, 7) is 1.87. The second-order valence-electron chi connectivity index (χ2n) is 4.65. The Bertz CT molecular complexity index is 652. The molecule has 0 radical (unpaired) electrons. The molecule has 3 N–H and O–H groups in total. The number of fused-ring (bicyclic) bond motifs is 1. The predicted molar refractivity (Wildman–Crippen MR) is 80.2 cm³/mol. The zero-order valence-corrected chi connectivity index (χ0v) is 11.7. The first kappa shape index (κ1) is 14.8. The number of pyridine rings is 1. The van der Waals surface area contributed by atoms with Gasteiger partial charge in [-0.1, -0.05) is 19.4 Å². The molecule has 0 aliphatic heterocycles. The third-order valence-corrected chi connectivity index (χ3v) is 3.07. The summed E-state index contributed by atoms with van der Waals surface area (Å²) in [6, 6.07) is 7.58. The molecule has 0 bridgehead atoms. The fraction of sp³-hybridized carbons (Fsp3) is 0.267. The molecule has 1 aromatic carbocycles. The lowest BCUT2D eigenvalue weighted by atomic mass is 10.1. The van der Waals surface area contributed by atoms with Gasteiger partial charge in [0.25, 0.3) is 0 Å². The maximum Gasteiger partial charge on any atom is 0.326 e. The van der Waals surface area contributed by atoms with Crippen LogP contribution < -0.4 is 10.6 Å². The number of aromatic nitrogens is 1. The number of aliphatic carboxylic acids is 1. The van der Waals surface area contributed by atoms with Crippen molar-refractivity contribution in [2.75, 3.05) is 5.32 Å². The van der Waals surface area contributed by atoms with Crippen molar-refractivity contribution in [3.05, 3.63) is 36.5 Å². The third-order valence-electron chi connectivity index (χ3n) is 3.07. The molecule has 6 heteroatoms. The summed E-state index contributed by atoms with van der Waals surface area (Å²) in [7, 11) is 0. The lowest BCUT2D eigenvalue weighted by Gasteiger charge is -2.15. The van der Waals surface area contributed by atoms with Gasteiger partial charge in [0.05, 0.1) is 11.2 Å². The van der Waals surface area contributed by atoms with Gasteiger partial charge in [0.1, 0.15) is 6.04 Å². The molecule has 0 fully saturated rings. The standard InChI is InChI=1S/C15H17N3O3/c1-2-5-13(14(19)20)18-15(21)17-12-8-3-7-11-10(12)6-4-9-16-11/h3-4,6-9,13H,2,5H2,1H3,(H,19,20)(H2,17,18,21)/t13-/m0/s1. The molecular formula is C15H17N3O3. The van der Waals surface area contributed by atoms with Crippen molar-refractivity contribution in [2.24, 2.45) is 0 Å². The van der Waals surface area contributed by atoms with Crippen molar-refractivity contribution < 1.29 is 14.7 Å². The van der Waals surface area contributed by atoms with Crippen LogP contribution in [-0.4, -0.2) is 28.1 Å². The zero-order chi connectivity index (χ0) is 15.2. The largest absolute Gasteiger partial charge is 0.480 e. The number of carbonyl (C=O) groups excluding carboxylic acids is 1. The highest BCUT2D eigenvalue weighted by molar-refractivity contribution is 6.01. The van der Waals surface area contributed by atoms with Crippen LogP contribution in [0.1, 0.15) is 19.8 Å². The number of hydrogen-bond acceptors (Lipinski definition) is 3. The summed E-state index contributed by atoms with van der Waals surface area (Å²) in [5.74, 6) is -1.04. The van der Waals surface area contributed by atoms with Gasteiger partial charge in [0.15, 0.2) is 0 Å². The van der Waals surface area contributed by atoms with E-state index in [1.54, 1.807) is 24.4 Å². The summed E-state index contributed by atoms with van der Waals surface area (Å²) < 4.78 is 0. The normalized spacial score (nSPS) is 11.9. The number of carboxylic acids is 1. The fourth-order valence-corrected chi connectivity index (χ4v) is 2.08. The van der Waals surface area contributed by atoms with Gasteiger partial charge in [-0.2, -0.15) is 0 Å². The van der Waals surface area contributed by atoms with Gasteiger partial charge in [0.2, 0.25) is 0 Å². The van der Waals surface area contributed by atoms with Gasteiger partial charge >= 0.3 is 12.0 Å². The first-order valence-corrected chi connectivity index (χ1v) is 6.76. The Balaban J connectivity index is 2.13. The van der Waals surface area contributed by atoms with E-state index in [4.69, 9.17) is 5.11 Å². The van der Waals surface area contributed by atoms with E-state index in [2.05, 4.69) is 15.6 Å². The number of carbonyl (C=O) groups is 2. The Kier molecular flexibility index (Phi) is 4.71. The maximum atomic E-state index is 11.9. The van der Waals surface area contributed by atoms with Crippen LogP contribution in [0.4, 0.5) is 10.5 Å². The summed E-state index contributed by atoms with van der Waals surface area (Å²) >= 11 is 0. The van der Waals surface area contributed by atoms with Gasteiger partial charge < -0.3 is 15.7 Å². The topological polar surface area (TPSA) is 91.3 Å². The highest BCUT2D eigenvalue weighted by atomic mass is 16.4. The van der Waals surface area contributed by atoms with Gasteiger partial charge in [0, 0.05) is 11.6 Å². The number of nitrogens with zero attached hydrogens (tertiary/aromatic N) is 1. The molecule has 2 aromatic rings. The van der Waals surface area contributed by atoms with Crippen molar-refractivity contribution in [1.82, 2.24) is 10.3 Å². The van der Waals surface area contributed by atoms with Crippen LogP contribution in [0.3, 0.4) is 0 Å². The van der Waals surface area contributed by atoms with Crippen molar-refractivity contribution in [2.45, 2.75) is 25.8 Å². The number of urea groups is 1. The smallest absolute Gasteiger partial charge is 0.326 e. The van der Waals surface area contributed by atoms with E-state index in [-0.39, 0.29) is 0 Å². The highest BCUT2D eigenvalue weighted by Crippen LogP contribution is 2.21. The van der Waals surface area contributed by atoms with E-state index in [0.29, 0.717) is 18.5 Å². The summed E-state index contributed by atoms with van der Waals surface area (Å²) in [6.07, 6.45) is 2.74. The molecule has 0 spiro atoms. The lowest BCUT2D eigenvalue weighted by molar-refractivity contribution is -0.139. The molecule has 2 amide bonds. The van der Waals surface area contributed by atoms with Crippen LogP contribution in [0.25, 0.3) is 10.9 Å². The molecule has 2 rings (SSSR count). The molecule has 0 aliphatic rings. The Morgan fingerprint density at radius 2 is 2.10 bits per heavy atom. The van der Waals surface area contributed by atoms with Crippen molar-refractivity contribution >= 4 is 28.6 Å². The van der Waals surface area contributed by atoms with Crippen molar-refractivity contribution in [3.63, 3.8) is 0 Å². The Morgan fingerprint density at radius 1 is 1.29 bits per heavy atom. The number of benzene rings is 1. The average Bonchev–Trinajstić information content (AvgIpc) is 2.47. The van der Waals surface area contributed by atoms with E-state index in [0.717, 1.165) is 10.9 Å². The summed E-state index contributed by atoms with van der Waals surface area (Å²) in [5, 5.41) is 15.0. The number of amides is 2. The molecule has 21 heavy (non-hydrogen) atoms. The van der Waals surface area contributed by atoms with E-state index in [1.807, 2.05) is 19.1 Å². The van der Waals surface area contributed by atoms with Crippen LogP contribution in [0.5, 0.6) is 0 Å². The molecular weight excluding hydrogens is 270 g/mol. The van der Waals surface area contributed by atoms with E-state index < -0.39 is 18.0 Å². The van der Waals surface area contributed by atoms with E-state index in [9.17, 15) is 9.59 Å². The summed E-state index contributed by atoms with van der Waals surface area (Å²) in [5.41, 5.74) is 1.36. The van der Waals surface area contributed by atoms with Crippen LogP contribution in [-0.2, 0) is 4.79 Å². The van der Waals surface area contributed by atoms with E-state index in [1.165, 1.54) is 0 Å². The molecule has 0 unspecified atom stereocenters. The van der Waals surface area contributed by atoms with Crippen molar-refractivity contribution in [1.29, 1.82) is 0 Å². The molecule has 1 aromatic heterocycles. The Hall–Kier alpha value is -2.63. The maximum absolute atomic E-state index is 11.9. The second kappa shape index (κ2) is 6.69. The van der Waals surface area contributed by atoms with Crippen LogP contribution in [0.2, 0.25) is 0 Å². The van der Waals surface area contributed by atoms with Crippen LogP contribution in [0, 0.1) is 0 Å². The molecule has 0 aliphatic carbocycles. The van der Waals surface area contributed by atoms with Crippen LogP contribution >= 0.6 is 0 Å². The lowest BCUT2D eigenvalue weighted by Crippen LogP contribution is -2.42. The van der Waals surface area contributed by atoms with Gasteiger partial charge in [-0.15, -0.1) is 0 Å². The third kappa shape index (κ3) is 3.68. The molecule has 1 heterocycles. The fourth-order valence-electron chi connectivity index (χ4n) is 2.08. The summed E-state index contributed by atoms with van der Waals surface area (Å²) in [4.78, 5) is 27.2. The number of hydrogen-bond donors (Lipinski definition) is 3. The quantitative estimate of drug-likeness (QED) is 0.788. The zero-order valence-electron chi connectivity index (χ0n) is 11.7. The molecule has 0 saturated carbocycles. The average molecular weight is 287 g/mol. The second-order valence-corrected chi connectivity index (χ2v) is 4.65. The molecule has 0 saturated heterocycles. The number of anilines is 1. The van der Waals surface area contributed by atoms with Gasteiger partial charge in [-0.3, -0.25) is 4.98 Å². The number of rotatable bonds is 5. The number of carboxylic acid groups (broad SMARTS) is 1. The van der Waals surface area contributed by atoms with E-state index >= 15 is 0 Å². The predicted octanol–water partition coefficient (Wildman–Crippen LogP) is 2.61. The van der Waals surface area contributed by atoms with Gasteiger partial charge in [-0.05, 0) is 30.7 Å². The first-order valence-electron chi connectivity index (χ1n) is 6.76. The molecule has 110 valence electrons. The van der Waals surface area contributed by atoms with Gasteiger partial charge in [-0.25, -0.2) is 9.59 Å². The Labute approximate surface area is 122 Å². The Morgan fingerprint density at radius 3 is 2.81 bits per heavy atom. The van der Waals surface area contributed by atoms with Crippen molar-refractivity contribution in [3.8, 4) is 0 Å². The highest BCUT2D eigenvalue weighted by Gasteiger charge is 2.18. The number of nitrogens with one attached hydrogen (secondary N) is 2. The molecule has 6 nitrogen and oxygen atoms in total. The minimum atomic E-state index is -1.04. The SMILES string of the molecule is CCC[C@H](NC(=O)Nc1cccc2ncccc12)C(=O)O. The minimum Gasteiger partial charge on any atom is -0.480 e. The molecule has 1 atom stereocenters.